The fourth-order valence-electron chi connectivity index (χ4n) is 3.36. The summed E-state index contributed by atoms with van der Waals surface area (Å²) >= 11 is 0. The zero-order valence-corrected chi connectivity index (χ0v) is 18.0. The second-order valence-electron chi connectivity index (χ2n) is 7.30. The Morgan fingerprint density at radius 3 is 2.67 bits per heavy atom. The molecular formula is C22H23N9O2. The molecule has 0 saturated carbocycles. The SMILES string of the molecule is COc1cc([C@H](Nc2ccc(C(=N)N)cc2)c2nn(-c3ncccc3N)c(=O)[nH]2)cc(C)n1. The van der Waals surface area contributed by atoms with E-state index in [2.05, 4.69) is 25.4 Å². The Labute approximate surface area is 189 Å². The molecule has 11 nitrogen and oxygen atoms in total. The minimum absolute atomic E-state index is 0.0244. The van der Waals surface area contributed by atoms with Crippen LogP contribution >= 0.6 is 0 Å². The standard InChI is InChI=1S/C22H23N9O2/c1-12-10-14(11-17(27-12)33-2)18(28-15-7-5-13(6-8-15)19(24)25)20-29-22(32)31(30-20)21-16(23)4-3-9-26-21/h3-11,18,28H,23H2,1-2H3,(H3,24,25)(H,29,30,32)/t18-/m0/s1. The van der Waals surface area contributed by atoms with Gasteiger partial charge in [-0.05, 0) is 55.0 Å². The van der Waals surface area contributed by atoms with Crippen molar-refractivity contribution in [2.75, 3.05) is 18.2 Å². The lowest BCUT2D eigenvalue weighted by Crippen LogP contribution is -2.18. The molecule has 1 atom stereocenters. The van der Waals surface area contributed by atoms with Gasteiger partial charge in [0.15, 0.2) is 11.6 Å². The molecule has 3 aromatic heterocycles. The highest BCUT2D eigenvalue weighted by Gasteiger charge is 2.22. The van der Waals surface area contributed by atoms with Crippen LogP contribution in [0.15, 0.2) is 59.5 Å². The highest BCUT2D eigenvalue weighted by molar-refractivity contribution is 5.95. The number of nitrogens with zero attached hydrogens (tertiary/aromatic N) is 4. The van der Waals surface area contributed by atoms with Gasteiger partial charge in [-0.25, -0.2) is 14.8 Å². The van der Waals surface area contributed by atoms with Crippen LogP contribution in [0.2, 0.25) is 0 Å². The van der Waals surface area contributed by atoms with Crippen molar-refractivity contribution in [3.8, 4) is 11.7 Å². The number of hydrogen-bond acceptors (Lipinski definition) is 8. The Kier molecular flexibility index (Phi) is 5.77. The van der Waals surface area contributed by atoms with Crippen molar-refractivity contribution < 1.29 is 4.74 Å². The molecule has 0 aliphatic carbocycles. The first-order chi connectivity index (χ1) is 15.9. The third-order valence-corrected chi connectivity index (χ3v) is 4.93. The van der Waals surface area contributed by atoms with Gasteiger partial charge in [0.05, 0.1) is 12.8 Å². The number of aromatic nitrogens is 5. The van der Waals surface area contributed by atoms with Crippen LogP contribution < -0.4 is 27.2 Å². The minimum Gasteiger partial charge on any atom is -0.481 e. The van der Waals surface area contributed by atoms with Gasteiger partial charge in [-0.1, -0.05) is 0 Å². The monoisotopic (exact) mass is 445 g/mol. The molecule has 0 spiro atoms. The third kappa shape index (κ3) is 4.51. The topological polar surface area (TPSA) is 174 Å². The molecule has 0 amide bonds. The summed E-state index contributed by atoms with van der Waals surface area (Å²) in [5, 5.41) is 15.4. The number of nitrogens with two attached hydrogens (primary N) is 2. The number of aryl methyl sites for hydroxylation is 1. The number of amidine groups is 1. The van der Waals surface area contributed by atoms with Gasteiger partial charge in [0.2, 0.25) is 5.88 Å². The molecule has 0 aliphatic rings. The Morgan fingerprint density at radius 2 is 2.00 bits per heavy atom. The van der Waals surface area contributed by atoms with Gasteiger partial charge in [-0.3, -0.25) is 10.4 Å². The Morgan fingerprint density at radius 1 is 1.24 bits per heavy atom. The molecule has 0 fully saturated rings. The lowest BCUT2D eigenvalue weighted by atomic mass is 10.1. The molecule has 168 valence electrons. The highest BCUT2D eigenvalue weighted by atomic mass is 16.5. The van der Waals surface area contributed by atoms with Crippen LogP contribution in [-0.4, -0.2) is 37.7 Å². The van der Waals surface area contributed by atoms with Crippen molar-refractivity contribution in [1.82, 2.24) is 24.7 Å². The maximum Gasteiger partial charge on any atom is 0.349 e. The molecule has 0 saturated heterocycles. The van der Waals surface area contributed by atoms with E-state index in [0.717, 1.165) is 21.6 Å². The van der Waals surface area contributed by atoms with Crippen LogP contribution in [0.3, 0.4) is 0 Å². The lowest BCUT2D eigenvalue weighted by Gasteiger charge is -2.19. The molecule has 4 rings (SSSR count). The van der Waals surface area contributed by atoms with E-state index in [9.17, 15) is 4.79 Å². The first-order valence-corrected chi connectivity index (χ1v) is 9.99. The van der Waals surface area contributed by atoms with E-state index in [1.807, 2.05) is 13.0 Å². The highest BCUT2D eigenvalue weighted by Crippen LogP contribution is 2.27. The van der Waals surface area contributed by atoms with Crippen molar-refractivity contribution in [2.24, 2.45) is 5.73 Å². The van der Waals surface area contributed by atoms with Gasteiger partial charge >= 0.3 is 5.69 Å². The molecule has 4 aromatic rings. The van der Waals surface area contributed by atoms with Crippen LogP contribution in [0.25, 0.3) is 5.82 Å². The number of ether oxygens (including phenoxy) is 1. The quantitative estimate of drug-likeness (QED) is 0.211. The normalized spacial score (nSPS) is 11.7. The average Bonchev–Trinajstić information content (AvgIpc) is 3.18. The number of nitrogens with one attached hydrogen (secondary N) is 3. The second-order valence-corrected chi connectivity index (χ2v) is 7.30. The molecule has 0 unspecified atom stereocenters. The van der Waals surface area contributed by atoms with Crippen LogP contribution in [0.4, 0.5) is 11.4 Å². The summed E-state index contributed by atoms with van der Waals surface area (Å²) in [5.41, 5.74) is 14.2. The van der Waals surface area contributed by atoms with E-state index in [1.54, 1.807) is 42.5 Å². The molecule has 0 bridgehead atoms. The molecule has 0 radical (unpaired) electrons. The fourth-order valence-corrected chi connectivity index (χ4v) is 3.36. The number of hydrogen-bond donors (Lipinski definition) is 5. The Hall–Kier alpha value is -4.67. The molecule has 3 heterocycles. The summed E-state index contributed by atoms with van der Waals surface area (Å²) in [6.45, 7) is 1.85. The number of nitrogen functional groups attached to an aromatic ring is 2. The number of pyridine rings is 2. The molecular weight excluding hydrogens is 422 g/mol. The summed E-state index contributed by atoms with van der Waals surface area (Å²) in [6, 6.07) is 13.4. The van der Waals surface area contributed by atoms with Gasteiger partial charge in [-0.15, -0.1) is 5.10 Å². The summed E-state index contributed by atoms with van der Waals surface area (Å²) in [7, 11) is 1.54. The third-order valence-electron chi connectivity index (χ3n) is 4.93. The second kappa shape index (κ2) is 8.83. The maximum atomic E-state index is 12.7. The van der Waals surface area contributed by atoms with Crippen LogP contribution in [0.5, 0.6) is 5.88 Å². The first-order valence-electron chi connectivity index (χ1n) is 9.99. The van der Waals surface area contributed by atoms with Crippen molar-refractivity contribution in [2.45, 2.75) is 13.0 Å². The van der Waals surface area contributed by atoms with Crippen LogP contribution in [0, 0.1) is 12.3 Å². The van der Waals surface area contributed by atoms with Crippen molar-refractivity contribution >= 4 is 17.2 Å². The van der Waals surface area contributed by atoms with E-state index >= 15 is 0 Å². The molecule has 33 heavy (non-hydrogen) atoms. The van der Waals surface area contributed by atoms with E-state index in [4.69, 9.17) is 21.6 Å². The van der Waals surface area contributed by atoms with Crippen molar-refractivity contribution in [3.63, 3.8) is 0 Å². The van der Waals surface area contributed by atoms with Gasteiger partial charge in [0.1, 0.15) is 11.9 Å². The number of methoxy groups -OCH3 is 1. The minimum atomic E-state index is -0.567. The summed E-state index contributed by atoms with van der Waals surface area (Å²) in [6.07, 6.45) is 1.54. The zero-order valence-electron chi connectivity index (χ0n) is 18.0. The largest absolute Gasteiger partial charge is 0.481 e. The number of H-pyrrole nitrogens is 1. The predicted molar refractivity (Wildman–Crippen MR) is 125 cm³/mol. The molecule has 1 aromatic carbocycles. The summed E-state index contributed by atoms with van der Waals surface area (Å²) < 4.78 is 6.46. The number of aromatic amines is 1. The summed E-state index contributed by atoms with van der Waals surface area (Å²) in [4.78, 5) is 24.1. The van der Waals surface area contributed by atoms with Gasteiger partial charge in [0.25, 0.3) is 0 Å². The molecule has 7 N–H and O–H groups in total. The van der Waals surface area contributed by atoms with Crippen molar-refractivity contribution in [3.05, 3.63) is 87.9 Å². The number of rotatable bonds is 7. The van der Waals surface area contributed by atoms with Crippen LogP contribution in [0.1, 0.15) is 28.7 Å². The smallest absolute Gasteiger partial charge is 0.349 e. The van der Waals surface area contributed by atoms with Crippen molar-refractivity contribution in [1.29, 1.82) is 5.41 Å². The molecule has 11 heteroatoms. The number of anilines is 2. The predicted octanol–water partition coefficient (Wildman–Crippen LogP) is 1.74. The van der Waals surface area contributed by atoms with Crippen LogP contribution in [-0.2, 0) is 0 Å². The summed E-state index contributed by atoms with van der Waals surface area (Å²) in [5.74, 6) is 0.981. The van der Waals surface area contributed by atoms with E-state index in [0.29, 0.717) is 23.0 Å². The van der Waals surface area contributed by atoms with E-state index in [-0.39, 0.29) is 11.7 Å². The van der Waals surface area contributed by atoms with Gasteiger partial charge in [-0.2, -0.15) is 4.68 Å². The fraction of sp³-hybridized carbons (Fsp3) is 0.136. The average molecular weight is 445 g/mol. The van der Waals surface area contributed by atoms with E-state index < -0.39 is 11.7 Å². The first kappa shape index (κ1) is 21.6. The lowest BCUT2D eigenvalue weighted by molar-refractivity contribution is 0.396. The Bertz CT molecular complexity index is 1360. The molecule has 0 aliphatic heterocycles. The van der Waals surface area contributed by atoms with Gasteiger partial charge < -0.3 is 21.5 Å². The maximum absolute atomic E-state index is 12.7. The Balaban J connectivity index is 1.80. The van der Waals surface area contributed by atoms with E-state index in [1.165, 1.54) is 13.3 Å². The number of benzene rings is 1. The van der Waals surface area contributed by atoms with Gasteiger partial charge in [0, 0.05) is 29.2 Å². The zero-order chi connectivity index (χ0) is 23.5.